The Morgan fingerprint density at radius 3 is 3.12 bits per heavy atom. The molecule has 0 amide bonds. The molecule has 2 heterocycles. The lowest BCUT2D eigenvalue weighted by molar-refractivity contribution is 0.0925. The van der Waals surface area contributed by atoms with Gasteiger partial charge in [0.1, 0.15) is 5.82 Å². The Balaban J connectivity index is 2.18. The SMILES string of the molecule is Cc1cnc(N)c(C(O)C2CCCNC2)c1. The summed E-state index contributed by atoms with van der Waals surface area (Å²) in [5.74, 6) is 0.698. The Kier molecular flexibility index (Phi) is 3.41. The first-order valence-corrected chi connectivity index (χ1v) is 5.79. The van der Waals surface area contributed by atoms with E-state index >= 15 is 0 Å². The van der Waals surface area contributed by atoms with Crippen LogP contribution in [-0.2, 0) is 0 Å². The first-order valence-electron chi connectivity index (χ1n) is 5.79. The summed E-state index contributed by atoms with van der Waals surface area (Å²) in [6.45, 7) is 3.86. The largest absolute Gasteiger partial charge is 0.388 e. The molecule has 16 heavy (non-hydrogen) atoms. The predicted molar refractivity (Wildman–Crippen MR) is 63.9 cm³/mol. The zero-order chi connectivity index (χ0) is 11.5. The number of rotatable bonds is 2. The maximum absolute atomic E-state index is 10.3. The Bertz CT molecular complexity index is 361. The van der Waals surface area contributed by atoms with E-state index in [9.17, 15) is 5.11 Å². The van der Waals surface area contributed by atoms with Gasteiger partial charge in [0.25, 0.3) is 0 Å². The van der Waals surface area contributed by atoms with Crippen molar-refractivity contribution in [2.24, 2.45) is 5.92 Å². The second kappa shape index (κ2) is 4.80. The van der Waals surface area contributed by atoms with E-state index in [1.807, 2.05) is 13.0 Å². The average molecular weight is 221 g/mol. The van der Waals surface area contributed by atoms with Crippen LogP contribution in [0.4, 0.5) is 5.82 Å². The van der Waals surface area contributed by atoms with Gasteiger partial charge in [-0.05, 0) is 37.9 Å². The highest BCUT2D eigenvalue weighted by Gasteiger charge is 2.24. The fraction of sp³-hybridized carbons (Fsp3) is 0.583. The van der Waals surface area contributed by atoms with Crippen molar-refractivity contribution in [3.8, 4) is 0 Å². The maximum Gasteiger partial charge on any atom is 0.129 e. The highest BCUT2D eigenvalue weighted by Crippen LogP contribution is 2.30. The fourth-order valence-corrected chi connectivity index (χ4v) is 2.24. The molecule has 4 heteroatoms. The van der Waals surface area contributed by atoms with E-state index in [1.165, 1.54) is 0 Å². The molecule has 1 fully saturated rings. The molecular weight excluding hydrogens is 202 g/mol. The van der Waals surface area contributed by atoms with E-state index in [4.69, 9.17) is 5.73 Å². The lowest BCUT2D eigenvalue weighted by Gasteiger charge is -2.28. The van der Waals surface area contributed by atoms with Gasteiger partial charge in [-0.3, -0.25) is 0 Å². The molecule has 2 atom stereocenters. The molecule has 0 aromatic carbocycles. The Morgan fingerprint density at radius 1 is 1.62 bits per heavy atom. The van der Waals surface area contributed by atoms with Gasteiger partial charge in [-0.15, -0.1) is 0 Å². The number of aryl methyl sites for hydroxylation is 1. The van der Waals surface area contributed by atoms with Crippen LogP contribution in [0.25, 0.3) is 0 Å². The fourth-order valence-electron chi connectivity index (χ4n) is 2.24. The van der Waals surface area contributed by atoms with E-state index in [-0.39, 0.29) is 5.92 Å². The van der Waals surface area contributed by atoms with Gasteiger partial charge in [0.15, 0.2) is 0 Å². The molecule has 4 N–H and O–H groups in total. The van der Waals surface area contributed by atoms with Gasteiger partial charge in [-0.1, -0.05) is 0 Å². The van der Waals surface area contributed by atoms with Gasteiger partial charge in [0, 0.05) is 24.2 Å². The molecule has 0 radical (unpaired) electrons. The number of nitrogens with one attached hydrogen (secondary N) is 1. The van der Waals surface area contributed by atoms with Crippen molar-refractivity contribution in [3.63, 3.8) is 0 Å². The number of anilines is 1. The molecule has 1 aliphatic heterocycles. The Morgan fingerprint density at radius 2 is 2.44 bits per heavy atom. The molecular formula is C12H19N3O. The summed E-state index contributed by atoms with van der Waals surface area (Å²) in [5, 5.41) is 13.6. The third-order valence-corrected chi connectivity index (χ3v) is 3.19. The summed E-state index contributed by atoms with van der Waals surface area (Å²) in [6, 6.07) is 1.93. The smallest absolute Gasteiger partial charge is 0.129 e. The number of nitrogen functional groups attached to an aromatic ring is 1. The Hall–Kier alpha value is -1.13. The summed E-state index contributed by atoms with van der Waals surface area (Å²) in [6.07, 6.45) is 3.38. The third kappa shape index (κ3) is 2.33. The molecule has 1 aliphatic rings. The molecule has 0 bridgehead atoms. The summed E-state index contributed by atoms with van der Waals surface area (Å²) in [5.41, 5.74) is 7.61. The van der Waals surface area contributed by atoms with Gasteiger partial charge < -0.3 is 16.2 Å². The highest BCUT2D eigenvalue weighted by molar-refractivity contribution is 5.42. The lowest BCUT2D eigenvalue weighted by atomic mass is 9.89. The van der Waals surface area contributed by atoms with Crippen LogP contribution in [0.5, 0.6) is 0 Å². The molecule has 2 unspecified atom stereocenters. The molecule has 0 saturated carbocycles. The average Bonchev–Trinajstić information content (AvgIpc) is 2.32. The van der Waals surface area contributed by atoms with E-state index in [0.717, 1.165) is 37.1 Å². The summed E-state index contributed by atoms with van der Waals surface area (Å²) in [7, 11) is 0. The van der Waals surface area contributed by atoms with Crippen LogP contribution >= 0.6 is 0 Å². The van der Waals surface area contributed by atoms with Gasteiger partial charge in [-0.2, -0.15) is 0 Å². The van der Waals surface area contributed by atoms with Gasteiger partial charge in [-0.25, -0.2) is 4.98 Å². The lowest BCUT2D eigenvalue weighted by Crippen LogP contribution is -2.33. The minimum atomic E-state index is -0.500. The topological polar surface area (TPSA) is 71.2 Å². The zero-order valence-corrected chi connectivity index (χ0v) is 9.61. The summed E-state index contributed by atoms with van der Waals surface area (Å²) < 4.78 is 0. The van der Waals surface area contributed by atoms with Crippen molar-refractivity contribution in [2.45, 2.75) is 25.9 Å². The number of piperidine rings is 1. The second-order valence-electron chi connectivity index (χ2n) is 4.54. The van der Waals surface area contributed by atoms with Crippen LogP contribution in [0.2, 0.25) is 0 Å². The van der Waals surface area contributed by atoms with Gasteiger partial charge >= 0.3 is 0 Å². The van der Waals surface area contributed by atoms with Crippen LogP contribution in [0, 0.1) is 12.8 Å². The number of hydrogen-bond acceptors (Lipinski definition) is 4. The molecule has 2 rings (SSSR count). The van der Waals surface area contributed by atoms with Crippen LogP contribution < -0.4 is 11.1 Å². The molecule has 4 nitrogen and oxygen atoms in total. The maximum atomic E-state index is 10.3. The number of aliphatic hydroxyl groups is 1. The van der Waals surface area contributed by atoms with Crippen LogP contribution in [0.1, 0.15) is 30.1 Å². The van der Waals surface area contributed by atoms with Crippen molar-refractivity contribution >= 4 is 5.82 Å². The van der Waals surface area contributed by atoms with E-state index in [2.05, 4.69) is 10.3 Å². The summed E-state index contributed by atoms with van der Waals surface area (Å²) in [4.78, 5) is 4.09. The van der Waals surface area contributed by atoms with Crippen LogP contribution in [-0.4, -0.2) is 23.2 Å². The predicted octanol–water partition coefficient (Wildman–Crippen LogP) is 1.01. The normalized spacial score (nSPS) is 23.0. The molecule has 1 aromatic heterocycles. The molecule has 1 saturated heterocycles. The van der Waals surface area contributed by atoms with E-state index in [1.54, 1.807) is 6.20 Å². The van der Waals surface area contributed by atoms with Crippen LogP contribution in [0.3, 0.4) is 0 Å². The van der Waals surface area contributed by atoms with Crippen molar-refractivity contribution in [1.82, 2.24) is 10.3 Å². The number of aliphatic hydroxyl groups excluding tert-OH is 1. The van der Waals surface area contributed by atoms with Gasteiger partial charge in [0.05, 0.1) is 6.10 Å². The van der Waals surface area contributed by atoms with Crippen molar-refractivity contribution in [3.05, 3.63) is 23.4 Å². The molecule has 0 spiro atoms. The van der Waals surface area contributed by atoms with E-state index < -0.39 is 6.10 Å². The van der Waals surface area contributed by atoms with Gasteiger partial charge in [0.2, 0.25) is 0 Å². The first-order chi connectivity index (χ1) is 7.68. The second-order valence-corrected chi connectivity index (χ2v) is 4.54. The third-order valence-electron chi connectivity index (χ3n) is 3.19. The summed E-state index contributed by atoms with van der Waals surface area (Å²) >= 11 is 0. The number of nitrogens with zero attached hydrogens (tertiary/aromatic N) is 1. The number of hydrogen-bond donors (Lipinski definition) is 3. The monoisotopic (exact) mass is 221 g/mol. The van der Waals surface area contributed by atoms with Crippen molar-refractivity contribution in [1.29, 1.82) is 0 Å². The minimum Gasteiger partial charge on any atom is -0.388 e. The highest BCUT2D eigenvalue weighted by atomic mass is 16.3. The van der Waals surface area contributed by atoms with E-state index in [0.29, 0.717) is 5.82 Å². The minimum absolute atomic E-state index is 0.250. The Labute approximate surface area is 95.9 Å². The van der Waals surface area contributed by atoms with Crippen molar-refractivity contribution in [2.75, 3.05) is 18.8 Å². The number of nitrogens with two attached hydrogens (primary N) is 1. The molecule has 0 aliphatic carbocycles. The molecule has 1 aromatic rings. The van der Waals surface area contributed by atoms with Crippen LogP contribution in [0.15, 0.2) is 12.3 Å². The number of pyridine rings is 1. The first kappa shape index (κ1) is 11.4. The number of aromatic nitrogens is 1. The molecule has 88 valence electrons. The van der Waals surface area contributed by atoms with Crippen molar-refractivity contribution < 1.29 is 5.11 Å². The standard InChI is InChI=1S/C12H19N3O/c1-8-5-10(12(13)15-6-8)11(16)9-3-2-4-14-7-9/h5-6,9,11,14,16H,2-4,7H2,1H3,(H2,13,15). The zero-order valence-electron chi connectivity index (χ0n) is 9.61. The quantitative estimate of drug-likeness (QED) is 0.697.